The van der Waals surface area contributed by atoms with Gasteiger partial charge in [0.1, 0.15) is 12.2 Å². The number of ether oxygens (including phenoxy) is 2. The first-order valence-electron chi connectivity index (χ1n) is 11.1. The number of carbonyl (C=O) groups excluding carboxylic acids is 2. The normalized spacial score (nSPS) is 14.9. The van der Waals surface area contributed by atoms with E-state index in [4.69, 9.17) is 9.47 Å². The number of alkyl carbamates (subject to hydrolysis) is 1. The van der Waals surface area contributed by atoms with Gasteiger partial charge in [0, 0.05) is 12.2 Å². The number of amides is 1. The van der Waals surface area contributed by atoms with Crippen molar-refractivity contribution in [2.45, 2.75) is 45.1 Å². The predicted octanol–water partition coefficient (Wildman–Crippen LogP) is 4.52. The summed E-state index contributed by atoms with van der Waals surface area (Å²) in [7, 11) is 0. The molecule has 0 fully saturated rings. The molecule has 0 radical (unpaired) electrons. The molecular formula is C25H24F3N3O4. The van der Waals surface area contributed by atoms with Gasteiger partial charge in [-0.3, -0.25) is 4.68 Å². The number of alkyl halides is 3. The minimum Gasteiger partial charge on any atom is -0.462 e. The SMILES string of the molecule is CCOC(=O)c1cn(Cc2ccc3c(c2)C[C@@H](NC(=O)OCc2ccccc2)C3)nc1C(F)(F)F. The number of fused-ring (bicyclic) bond motifs is 1. The Hall–Kier alpha value is -3.82. The molecule has 2 aromatic carbocycles. The van der Waals surface area contributed by atoms with Gasteiger partial charge < -0.3 is 14.8 Å². The van der Waals surface area contributed by atoms with Crippen LogP contribution in [-0.2, 0) is 41.6 Å². The van der Waals surface area contributed by atoms with E-state index in [9.17, 15) is 22.8 Å². The zero-order chi connectivity index (χ0) is 25.0. The molecular weight excluding hydrogens is 463 g/mol. The molecule has 35 heavy (non-hydrogen) atoms. The van der Waals surface area contributed by atoms with Crippen LogP contribution in [0.5, 0.6) is 0 Å². The van der Waals surface area contributed by atoms with Crippen LogP contribution in [0.4, 0.5) is 18.0 Å². The lowest BCUT2D eigenvalue weighted by Gasteiger charge is -2.12. The zero-order valence-electron chi connectivity index (χ0n) is 19.0. The molecule has 7 nitrogen and oxygen atoms in total. The van der Waals surface area contributed by atoms with Crippen LogP contribution >= 0.6 is 0 Å². The van der Waals surface area contributed by atoms with E-state index in [0.717, 1.165) is 33.1 Å². The maximum absolute atomic E-state index is 13.4. The molecule has 1 aromatic heterocycles. The van der Waals surface area contributed by atoms with Gasteiger partial charge in [-0.05, 0) is 42.0 Å². The average Bonchev–Trinajstić information content (AvgIpc) is 3.42. The van der Waals surface area contributed by atoms with Gasteiger partial charge in [-0.25, -0.2) is 9.59 Å². The van der Waals surface area contributed by atoms with E-state index in [2.05, 4.69) is 10.4 Å². The highest BCUT2D eigenvalue weighted by Crippen LogP contribution is 2.31. The number of hydrogen-bond acceptors (Lipinski definition) is 5. The second-order valence-electron chi connectivity index (χ2n) is 8.22. The molecule has 1 N–H and O–H groups in total. The van der Waals surface area contributed by atoms with E-state index in [1.807, 2.05) is 42.5 Å². The van der Waals surface area contributed by atoms with E-state index < -0.39 is 29.5 Å². The molecule has 0 aliphatic heterocycles. The van der Waals surface area contributed by atoms with Crippen molar-refractivity contribution in [1.82, 2.24) is 15.1 Å². The van der Waals surface area contributed by atoms with E-state index >= 15 is 0 Å². The third kappa shape index (κ3) is 6.00. The third-order valence-electron chi connectivity index (χ3n) is 5.61. The standard InChI is InChI=1S/C25H24F3N3O4/c1-2-34-23(32)21-14-31(30-22(21)25(26,27)28)13-17-8-9-18-11-20(12-19(18)10-17)29-24(33)35-15-16-6-4-3-5-7-16/h3-10,14,20H,2,11-13,15H2,1H3,(H,29,33)/t20-/m0/s1. The second kappa shape index (κ2) is 10.2. The first-order valence-corrected chi connectivity index (χ1v) is 11.1. The fourth-order valence-corrected chi connectivity index (χ4v) is 4.06. The van der Waals surface area contributed by atoms with E-state index in [-0.39, 0.29) is 25.8 Å². The fraction of sp³-hybridized carbons (Fsp3) is 0.320. The van der Waals surface area contributed by atoms with Gasteiger partial charge >= 0.3 is 18.2 Å². The van der Waals surface area contributed by atoms with Gasteiger partial charge in [0.05, 0.1) is 13.2 Å². The number of nitrogens with zero attached hydrogens (tertiary/aromatic N) is 2. The van der Waals surface area contributed by atoms with Gasteiger partial charge in [0.15, 0.2) is 5.69 Å². The van der Waals surface area contributed by atoms with Crippen LogP contribution in [0.2, 0.25) is 0 Å². The van der Waals surface area contributed by atoms with Gasteiger partial charge in [0.25, 0.3) is 0 Å². The van der Waals surface area contributed by atoms with Crippen LogP contribution in [0.1, 0.15) is 45.2 Å². The number of esters is 1. The number of carbonyl (C=O) groups is 2. The third-order valence-corrected chi connectivity index (χ3v) is 5.61. The Labute approximate surface area is 199 Å². The lowest BCUT2D eigenvalue weighted by atomic mass is 10.1. The highest BCUT2D eigenvalue weighted by molar-refractivity contribution is 5.90. The molecule has 10 heteroatoms. The monoisotopic (exact) mass is 487 g/mol. The molecule has 3 aromatic rings. The summed E-state index contributed by atoms with van der Waals surface area (Å²) in [6.45, 7) is 1.70. The Bertz CT molecular complexity index is 1210. The molecule has 1 aliphatic rings. The molecule has 4 rings (SSSR count). The lowest BCUT2D eigenvalue weighted by molar-refractivity contribution is -0.142. The Kier molecular flexibility index (Phi) is 7.09. The molecule has 184 valence electrons. The summed E-state index contributed by atoms with van der Waals surface area (Å²) >= 11 is 0. The topological polar surface area (TPSA) is 82.5 Å². The zero-order valence-corrected chi connectivity index (χ0v) is 19.0. The summed E-state index contributed by atoms with van der Waals surface area (Å²) in [5, 5.41) is 6.45. The highest BCUT2D eigenvalue weighted by Gasteiger charge is 2.39. The number of benzene rings is 2. The molecule has 0 saturated carbocycles. The molecule has 1 aliphatic carbocycles. The van der Waals surface area contributed by atoms with Crippen molar-refractivity contribution in [3.63, 3.8) is 0 Å². The molecule has 0 spiro atoms. The van der Waals surface area contributed by atoms with E-state index in [1.54, 1.807) is 6.07 Å². The molecule has 0 bridgehead atoms. The smallest absolute Gasteiger partial charge is 0.436 e. The Morgan fingerprint density at radius 1 is 1.06 bits per heavy atom. The first kappa shape index (κ1) is 24.3. The summed E-state index contributed by atoms with van der Waals surface area (Å²) in [4.78, 5) is 24.1. The number of rotatable bonds is 7. The van der Waals surface area contributed by atoms with Crippen molar-refractivity contribution in [1.29, 1.82) is 0 Å². The van der Waals surface area contributed by atoms with Gasteiger partial charge in [-0.1, -0.05) is 48.5 Å². The molecule has 1 amide bonds. The maximum atomic E-state index is 13.4. The summed E-state index contributed by atoms with van der Waals surface area (Å²) in [6, 6.07) is 14.8. The molecule has 0 unspecified atom stereocenters. The van der Waals surface area contributed by atoms with Crippen molar-refractivity contribution in [3.05, 3.63) is 88.2 Å². The Morgan fingerprint density at radius 2 is 1.80 bits per heavy atom. The number of aromatic nitrogens is 2. The van der Waals surface area contributed by atoms with Crippen LogP contribution in [-0.4, -0.2) is 34.5 Å². The summed E-state index contributed by atoms with van der Waals surface area (Å²) in [6.07, 6.45) is -3.02. The highest BCUT2D eigenvalue weighted by atomic mass is 19.4. The fourth-order valence-electron chi connectivity index (χ4n) is 4.06. The van der Waals surface area contributed by atoms with Crippen LogP contribution in [0.15, 0.2) is 54.7 Å². The maximum Gasteiger partial charge on any atom is 0.436 e. The van der Waals surface area contributed by atoms with Crippen LogP contribution in [0.25, 0.3) is 0 Å². The van der Waals surface area contributed by atoms with Gasteiger partial charge in [-0.2, -0.15) is 18.3 Å². The molecule has 1 heterocycles. The molecule has 0 saturated heterocycles. The molecule has 1 atom stereocenters. The first-order chi connectivity index (χ1) is 16.7. The summed E-state index contributed by atoms with van der Waals surface area (Å²) < 4.78 is 51.2. The van der Waals surface area contributed by atoms with Crippen molar-refractivity contribution < 1.29 is 32.2 Å². The Balaban J connectivity index is 1.39. The minimum absolute atomic E-state index is 0.0405. The van der Waals surface area contributed by atoms with Crippen LogP contribution < -0.4 is 5.32 Å². The van der Waals surface area contributed by atoms with Crippen molar-refractivity contribution in [3.8, 4) is 0 Å². The van der Waals surface area contributed by atoms with Crippen LogP contribution in [0, 0.1) is 0 Å². The number of halogens is 3. The van der Waals surface area contributed by atoms with Crippen molar-refractivity contribution >= 4 is 12.1 Å². The van der Waals surface area contributed by atoms with E-state index in [1.165, 1.54) is 6.92 Å². The summed E-state index contributed by atoms with van der Waals surface area (Å²) in [5.74, 6) is -1.06. The largest absolute Gasteiger partial charge is 0.462 e. The quantitative estimate of drug-likeness (QED) is 0.496. The number of hydrogen-bond donors (Lipinski definition) is 1. The van der Waals surface area contributed by atoms with E-state index in [0.29, 0.717) is 12.8 Å². The summed E-state index contributed by atoms with van der Waals surface area (Å²) in [5.41, 5.74) is 1.77. The van der Waals surface area contributed by atoms with Gasteiger partial charge in [0.2, 0.25) is 0 Å². The van der Waals surface area contributed by atoms with Crippen LogP contribution in [0.3, 0.4) is 0 Å². The lowest BCUT2D eigenvalue weighted by Crippen LogP contribution is -2.35. The van der Waals surface area contributed by atoms with Crippen molar-refractivity contribution in [2.24, 2.45) is 0 Å². The second-order valence-corrected chi connectivity index (χ2v) is 8.22. The van der Waals surface area contributed by atoms with Crippen molar-refractivity contribution in [2.75, 3.05) is 6.61 Å². The number of nitrogens with one attached hydrogen (secondary N) is 1. The van der Waals surface area contributed by atoms with Gasteiger partial charge in [-0.15, -0.1) is 0 Å². The predicted molar refractivity (Wildman–Crippen MR) is 120 cm³/mol. The average molecular weight is 487 g/mol. The minimum atomic E-state index is -4.78. The Morgan fingerprint density at radius 3 is 2.51 bits per heavy atom.